The highest BCUT2D eigenvalue weighted by Gasteiger charge is 2.28. The molecule has 8 heteroatoms. The summed E-state index contributed by atoms with van der Waals surface area (Å²) < 4.78 is 5.23. The monoisotopic (exact) mass is 371 g/mol. The largest absolute Gasteiger partial charge is 0.355 e. The molecule has 0 aliphatic carbocycles. The van der Waals surface area contributed by atoms with Crippen molar-refractivity contribution in [2.24, 2.45) is 5.92 Å². The molecule has 3 aromatic rings. The van der Waals surface area contributed by atoms with Crippen LogP contribution in [0.4, 0.5) is 11.5 Å². The van der Waals surface area contributed by atoms with Crippen molar-refractivity contribution in [1.29, 1.82) is 0 Å². The number of amides is 1. The molecular formula is C18H18ClN5O2. The Balaban J connectivity index is 1.53. The number of carbonyl (C=O) groups is 1. The SMILES string of the molecule is Cc1noc2ncnc(N3CCC[C@@H](C(=O)Nc4cccc(Cl)c4)C3)c12. The van der Waals surface area contributed by atoms with Gasteiger partial charge in [-0.25, -0.2) is 4.98 Å². The van der Waals surface area contributed by atoms with Gasteiger partial charge in [0, 0.05) is 23.8 Å². The van der Waals surface area contributed by atoms with Crippen molar-refractivity contribution in [2.45, 2.75) is 19.8 Å². The first-order valence-corrected chi connectivity index (χ1v) is 8.88. The zero-order valence-electron chi connectivity index (χ0n) is 14.3. The molecule has 134 valence electrons. The molecule has 1 aliphatic rings. The maximum Gasteiger partial charge on any atom is 0.263 e. The molecule has 2 aromatic heterocycles. The third-order valence-corrected chi connectivity index (χ3v) is 4.84. The summed E-state index contributed by atoms with van der Waals surface area (Å²) in [6, 6.07) is 7.17. The van der Waals surface area contributed by atoms with Crippen molar-refractivity contribution in [3.63, 3.8) is 0 Å². The van der Waals surface area contributed by atoms with Gasteiger partial charge in [-0.2, -0.15) is 4.98 Å². The molecule has 1 aliphatic heterocycles. The standard InChI is InChI=1S/C18H18ClN5O2/c1-11-15-16(20-10-21-18(15)26-23-11)24-7-3-4-12(9-24)17(25)22-14-6-2-5-13(19)8-14/h2,5-6,8,10,12H,3-4,7,9H2,1H3,(H,22,25)/t12-/m1/s1. The summed E-state index contributed by atoms with van der Waals surface area (Å²) in [6.45, 7) is 3.28. The number of nitrogens with one attached hydrogen (secondary N) is 1. The quantitative estimate of drug-likeness (QED) is 0.759. The Labute approximate surface area is 155 Å². The zero-order chi connectivity index (χ0) is 18.1. The van der Waals surface area contributed by atoms with Crippen molar-refractivity contribution in [3.05, 3.63) is 41.3 Å². The number of anilines is 2. The fourth-order valence-corrected chi connectivity index (χ4v) is 3.53. The highest BCUT2D eigenvalue weighted by atomic mass is 35.5. The van der Waals surface area contributed by atoms with Crippen molar-refractivity contribution in [3.8, 4) is 0 Å². The molecule has 4 rings (SSSR count). The number of aromatic nitrogens is 3. The topological polar surface area (TPSA) is 84.2 Å². The van der Waals surface area contributed by atoms with E-state index in [4.69, 9.17) is 16.1 Å². The summed E-state index contributed by atoms with van der Waals surface area (Å²) in [5.74, 6) is 0.631. The molecule has 0 saturated carbocycles. The highest BCUT2D eigenvalue weighted by molar-refractivity contribution is 6.30. The number of halogens is 1. The predicted octanol–water partition coefficient (Wildman–Crippen LogP) is 3.43. The number of nitrogens with zero attached hydrogens (tertiary/aromatic N) is 4. The molecule has 1 amide bonds. The predicted molar refractivity (Wildman–Crippen MR) is 99.4 cm³/mol. The maximum atomic E-state index is 12.7. The first kappa shape index (κ1) is 16.8. The van der Waals surface area contributed by atoms with Gasteiger partial charge in [0.25, 0.3) is 5.71 Å². The fourth-order valence-electron chi connectivity index (χ4n) is 3.34. The van der Waals surface area contributed by atoms with Crippen LogP contribution in [0.1, 0.15) is 18.5 Å². The van der Waals surface area contributed by atoms with Crippen LogP contribution in [0.25, 0.3) is 11.1 Å². The molecule has 1 atom stereocenters. The van der Waals surface area contributed by atoms with E-state index in [0.717, 1.165) is 36.3 Å². The lowest BCUT2D eigenvalue weighted by Gasteiger charge is -2.33. The molecule has 26 heavy (non-hydrogen) atoms. The number of carbonyl (C=O) groups excluding carboxylic acids is 1. The first-order chi connectivity index (χ1) is 12.6. The molecule has 0 bridgehead atoms. The number of benzene rings is 1. The number of fused-ring (bicyclic) bond motifs is 1. The minimum Gasteiger partial charge on any atom is -0.355 e. The Morgan fingerprint density at radius 2 is 2.27 bits per heavy atom. The minimum atomic E-state index is -0.132. The van der Waals surface area contributed by atoms with E-state index < -0.39 is 0 Å². The Hall–Kier alpha value is -2.67. The van der Waals surface area contributed by atoms with E-state index in [9.17, 15) is 4.79 Å². The van der Waals surface area contributed by atoms with Crippen LogP contribution in [0.2, 0.25) is 5.02 Å². The summed E-state index contributed by atoms with van der Waals surface area (Å²) in [4.78, 5) is 23.3. The van der Waals surface area contributed by atoms with Crippen molar-refractivity contribution in [2.75, 3.05) is 23.3 Å². The van der Waals surface area contributed by atoms with Gasteiger partial charge in [0.2, 0.25) is 5.91 Å². The van der Waals surface area contributed by atoms with Gasteiger partial charge in [-0.15, -0.1) is 0 Å². The number of hydrogen-bond donors (Lipinski definition) is 1. The number of aryl methyl sites for hydroxylation is 1. The average molecular weight is 372 g/mol. The lowest BCUT2D eigenvalue weighted by atomic mass is 9.96. The van der Waals surface area contributed by atoms with Gasteiger partial charge in [0.15, 0.2) is 0 Å². The van der Waals surface area contributed by atoms with Gasteiger partial charge in [-0.3, -0.25) is 4.79 Å². The van der Waals surface area contributed by atoms with E-state index >= 15 is 0 Å². The van der Waals surface area contributed by atoms with E-state index in [1.165, 1.54) is 6.33 Å². The van der Waals surface area contributed by atoms with Gasteiger partial charge in [-0.05, 0) is 38.0 Å². The van der Waals surface area contributed by atoms with Gasteiger partial charge in [-0.1, -0.05) is 22.8 Å². The van der Waals surface area contributed by atoms with E-state index in [2.05, 4.69) is 25.3 Å². The second kappa shape index (κ2) is 6.92. The van der Waals surface area contributed by atoms with Gasteiger partial charge in [0.1, 0.15) is 17.5 Å². The van der Waals surface area contributed by atoms with Crippen LogP contribution in [-0.4, -0.2) is 34.1 Å². The molecule has 1 aromatic carbocycles. The molecule has 7 nitrogen and oxygen atoms in total. The van der Waals surface area contributed by atoms with Crippen LogP contribution in [0.5, 0.6) is 0 Å². The molecule has 0 radical (unpaired) electrons. The second-order valence-corrected chi connectivity index (χ2v) is 6.87. The fraction of sp³-hybridized carbons (Fsp3) is 0.333. The molecule has 1 saturated heterocycles. The van der Waals surface area contributed by atoms with Gasteiger partial charge >= 0.3 is 0 Å². The first-order valence-electron chi connectivity index (χ1n) is 8.50. The maximum absolute atomic E-state index is 12.7. The Morgan fingerprint density at radius 1 is 1.38 bits per heavy atom. The number of hydrogen-bond acceptors (Lipinski definition) is 6. The van der Waals surface area contributed by atoms with E-state index in [-0.39, 0.29) is 11.8 Å². The van der Waals surface area contributed by atoms with E-state index in [1.54, 1.807) is 12.1 Å². The van der Waals surface area contributed by atoms with Crippen LogP contribution in [0, 0.1) is 12.8 Å². The summed E-state index contributed by atoms with van der Waals surface area (Å²) in [5.41, 5.74) is 1.93. The van der Waals surface area contributed by atoms with Crippen molar-refractivity contribution in [1.82, 2.24) is 15.1 Å². The Bertz CT molecular complexity index is 958. The molecule has 1 N–H and O–H groups in total. The lowest BCUT2D eigenvalue weighted by Crippen LogP contribution is -2.41. The summed E-state index contributed by atoms with van der Waals surface area (Å²) in [7, 11) is 0. The van der Waals surface area contributed by atoms with E-state index in [0.29, 0.717) is 23.0 Å². The molecule has 3 heterocycles. The third-order valence-electron chi connectivity index (χ3n) is 4.61. The molecule has 0 spiro atoms. The van der Waals surface area contributed by atoms with Crippen LogP contribution in [0.3, 0.4) is 0 Å². The highest BCUT2D eigenvalue weighted by Crippen LogP contribution is 2.30. The average Bonchev–Trinajstić information content (AvgIpc) is 3.03. The van der Waals surface area contributed by atoms with Crippen LogP contribution in [-0.2, 0) is 4.79 Å². The second-order valence-electron chi connectivity index (χ2n) is 6.43. The molecular weight excluding hydrogens is 354 g/mol. The lowest BCUT2D eigenvalue weighted by molar-refractivity contribution is -0.120. The van der Waals surface area contributed by atoms with Crippen molar-refractivity contribution < 1.29 is 9.32 Å². The molecule has 1 fully saturated rings. The van der Waals surface area contributed by atoms with Gasteiger partial charge in [0.05, 0.1) is 11.6 Å². The number of rotatable bonds is 3. The van der Waals surface area contributed by atoms with Gasteiger partial charge < -0.3 is 14.7 Å². The normalized spacial score (nSPS) is 17.5. The van der Waals surface area contributed by atoms with E-state index in [1.807, 2.05) is 19.1 Å². The zero-order valence-corrected chi connectivity index (χ0v) is 15.0. The Kier molecular flexibility index (Phi) is 4.46. The third kappa shape index (κ3) is 3.22. The summed E-state index contributed by atoms with van der Waals surface area (Å²) >= 11 is 5.99. The van der Waals surface area contributed by atoms with Crippen LogP contribution in [0.15, 0.2) is 35.1 Å². The Morgan fingerprint density at radius 3 is 3.12 bits per heavy atom. The van der Waals surface area contributed by atoms with Crippen LogP contribution >= 0.6 is 11.6 Å². The molecule has 0 unspecified atom stereocenters. The minimum absolute atomic E-state index is 0.00990. The number of piperidine rings is 1. The van der Waals surface area contributed by atoms with Crippen LogP contribution < -0.4 is 10.2 Å². The smallest absolute Gasteiger partial charge is 0.263 e. The summed E-state index contributed by atoms with van der Waals surface area (Å²) in [5, 5.41) is 8.33. The van der Waals surface area contributed by atoms with Crippen molar-refractivity contribution >= 4 is 40.1 Å². The summed E-state index contributed by atoms with van der Waals surface area (Å²) in [6.07, 6.45) is 3.21.